The van der Waals surface area contributed by atoms with Crippen LogP contribution in [-0.4, -0.2) is 4.98 Å². The average molecular weight is 276 g/mol. The third kappa shape index (κ3) is 2.40. The minimum atomic E-state index is 0.560. The number of halogens is 1. The van der Waals surface area contributed by atoms with Crippen LogP contribution in [0.2, 0.25) is 5.15 Å². The smallest absolute Gasteiger partial charge is 0.130 e. The fourth-order valence-electron chi connectivity index (χ4n) is 2.33. The molecule has 3 heteroatoms. The minimum Gasteiger partial charge on any atom is -0.244 e. The largest absolute Gasteiger partial charge is 0.244 e. The monoisotopic (exact) mass is 275 g/mol. The molecule has 0 fully saturated rings. The van der Waals surface area contributed by atoms with Crippen molar-refractivity contribution in [2.75, 3.05) is 0 Å². The first kappa shape index (κ1) is 12.1. The highest BCUT2D eigenvalue weighted by Gasteiger charge is 2.11. The summed E-state index contributed by atoms with van der Waals surface area (Å²) in [6.45, 7) is 2.07. The van der Waals surface area contributed by atoms with Crippen LogP contribution in [0.15, 0.2) is 40.3 Å². The zero-order chi connectivity index (χ0) is 12.5. The van der Waals surface area contributed by atoms with Gasteiger partial charge in [0.1, 0.15) is 5.15 Å². The van der Waals surface area contributed by atoms with E-state index in [0.29, 0.717) is 5.15 Å². The lowest BCUT2D eigenvalue weighted by Gasteiger charge is -2.07. The predicted octanol–water partition coefficient (Wildman–Crippen LogP) is 4.68. The Morgan fingerprint density at radius 2 is 2.00 bits per heavy atom. The second-order valence-corrected chi connectivity index (χ2v) is 6.16. The fourth-order valence-corrected chi connectivity index (χ4v) is 3.53. The van der Waals surface area contributed by atoms with E-state index in [1.54, 1.807) is 11.8 Å². The summed E-state index contributed by atoms with van der Waals surface area (Å²) in [5.74, 6) is 0. The maximum absolute atomic E-state index is 5.95. The van der Waals surface area contributed by atoms with Crippen molar-refractivity contribution in [3.8, 4) is 0 Å². The minimum absolute atomic E-state index is 0.560. The molecule has 1 heterocycles. The van der Waals surface area contributed by atoms with Crippen molar-refractivity contribution >= 4 is 23.4 Å². The standard InChI is InChI=1S/C15H14ClNS/c1-10-9-17-15(16)8-14(10)18-13-6-5-11-3-2-4-12(11)7-13/h5-9H,2-4H2,1H3. The molecule has 3 rings (SSSR count). The van der Waals surface area contributed by atoms with Gasteiger partial charge in [0.2, 0.25) is 0 Å². The van der Waals surface area contributed by atoms with Gasteiger partial charge in [-0.25, -0.2) is 4.98 Å². The molecule has 0 saturated carbocycles. The molecule has 1 aromatic heterocycles. The molecule has 0 N–H and O–H groups in total. The van der Waals surface area contributed by atoms with Gasteiger partial charge in [0.25, 0.3) is 0 Å². The van der Waals surface area contributed by atoms with Gasteiger partial charge in [0.05, 0.1) is 0 Å². The van der Waals surface area contributed by atoms with Crippen LogP contribution >= 0.6 is 23.4 Å². The van der Waals surface area contributed by atoms with Crippen LogP contribution in [0.3, 0.4) is 0 Å². The molecule has 0 spiro atoms. The van der Waals surface area contributed by atoms with Crippen LogP contribution in [0.4, 0.5) is 0 Å². The molecule has 2 aromatic rings. The highest BCUT2D eigenvalue weighted by molar-refractivity contribution is 7.99. The molecule has 0 atom stereocenters. The first-order valence-electron chi connectivity index (χ1n) is 6.14. The quantitative estimate of drug-likeness (QED) is 0.738. The molecule has 0 bridgehead atoms. The van der Waals surface area contributed by atoms with E-state index < -0.39 is 0 Å². The van der Waals surface area contributed by atoms with Crippen LogP contribution in [0.1, 0.15) is 23.1 Å². The Labute approximate surface area is 117 Å². The van der Waals surface area contributed by atoms with Crippen molar-refractivity contribution in [1.82, 2.24) is 4.98 Å². The summed E-state index contributed by atoms with van der Waals surface area (Å²) >= 11 is 7.72. The van der Waals surface area contributed by atoms with Crippen LogP contribution in [-0.2, 0) is 12.8 Å². The fraction of sp³-hybridized carbons (Fsp3) is 0.267. The number of hydrogen-bond donors (Lipinski definition) is 0. The molecule has 0 amide bonds. The molecule has 0 radical (unpaired) electrons. The lowest BCUT2D eigenvalue weighted by Crippen LogP contribution is -1.86. The van der Waals surface area contributed by atoms with E-state index in [1.807, 2.05) is 12.3 Å². The molecule has 0 unspecified atom stereocenters. The van der Waals surface area contributed by atoms with Crippen molar-refractivity contribution < 1.29 is 0 Å². The summed E-state index contributed by atoms with van der Waals surface area (Å²) in [5, 5.41) is 0.560. The van der Waals surface area contributed by atoms with Crippen LogP contribution in [0.5, 0.6) is 0 Å². The molecule has 0 aliphatic heterocycles. The van der Waals surface area contributed by atoms with E-state index in [4.69, 9.17) is 11.6 Å². The van der Waals surface area contributed by atoms with Gasteiger partial charge >= 0.3 is 0 Å². The topological polar surface area (TPSA) is 12.9 Å². The summed E-state index contributed by atoms with van der Waals surface area (Å²) in [6, 6.07) is 8.74. The van der Waals surface area contributed by atoms with Gasteiger partial charge in [0.15, 0.2) is 0 Å². The van der Waals surface area contributed by atoms with Crippen molar-refractivity contribution in [3.63, 3.8) is 0 Å². The first-order chi connectivity index (χ1) is 8.72. The van der Waals surface area contributed by atoms with Gasteiger partial charge in [-0.15, -0.1) is 0 Å². The number of hydrogen-bond acceptors (Lipinski definition) is 2. The average Bonchev–Trinajstić information content (AvgIpc) is 2.81. The van der Waals surface area contributed by atoms with Crippen molar-refractivity contribution in [2.24, 2.45) is 0 Å². The van der Waals surface area contributed by atoms with E-state index >= 15 is 0 Å². The van der Waals surface area contributed by atoms with E-state index in [-0.39, 0.29) is 0 Å². The first-order valence-corrected chi connectivity index (χ1v) is 7.33. The highest BCUT2D eigenvalue weighted by atomic mass is 35.5. The van der Waals surface area contributed by atoms with Crippen LogP contribution < -0.4 is 0 Å². The Morgan fingerprint density at radius 3 is 2.89 bits per heavy atom. The maximum atomic E-state index is 5.95. The molecule has 1 aliphatic carbocycles. The maximum Gasteiger partial charge on any atom is 0.130 e. The SMILES string of the molecule is Cc1cnc(Cl)cc1Sc1ccc2c(c1)CCC2. The molecule has 1 aliphatic rings. The molecule has 18 heavy (non-hydrogen) atoms. The molecule has 1 aromatic carbocycles. The number of fused-ring (bicyclic) bond motifs is 1. The third-order valence-electron chi connectivity index (χ3n) is 3.32. The Balaban J connectivity index is 1.90. The molecule has 0 saturated heterocycles. The number of aryl methyl sites for hydroxylation is 3. The summed E-state index contributed by atoms with van der Waals surface area (Å²) in [4.78, 5) is 6.57. The van der Waals surface area contributed by atoms with E-state index in [9.17, 15) is 0 Å². The van der Waals surface area contributed by atoms with Gasteiger partial charge in [-0.2, -0.15) is 0 Å². The molecular weight excluding hydrogens is 262 g/mol. The van der Waals surface area contributed by atoms with Crippen LogP contribution in [0, 0.1) is 6.92 Å². The summed E-state index contributed by atoms with van der Waals surface area (Å²) < 4.78 is 0. The van der Waals surface area contributed by atoms with Gasteiger partial charge in [-0.3, -0.25) is 0 Å². The van der Waals surface area contributed by atoms with E-state index in [2.05, 4.69) is 30.1 Å². The molecular formula is C15H14ClNS. The zero-order valence-corrected chi connectivity index (χ0v) is 11.8. The number of aromatic nitrogens is 1. The van der Waals surface area contributed by atoms with Crippen molar-refractivity contribution in [1.29, 1.82) is 0 Å². The van der Waals surface area contributed by atoms with Crippen molar-refractivity contribution in [2.45, 2.75) is 36.0 Å². The van der Waals surface area contributed by atoms with Gasteiger partial charge in [-0.1, -0.05) is 29.4 Å². The Hall–Kier alpha value is -0.990. The Bertz CT molecular complexity index is 595. The van der Waals surface area contributed by atoms with Crippen molar-refractivity contribution in [3.05, 3.63) is 52.3 Å². The molecule has 92 valence electrons. The predicted molar refractivity (Wildman–Crippen MR) is 76.6 cm³/mol. The van der Waals surface area contributed by atoms with E-state index in [1.165, 1.54) is 45.7 Å². The van der Waals surface area contributed by atoms with Gasteiger partial charge in [-0.05, 0) is 61.1 Å². The second kappa shape index (κ2) is 4.94. The normalized spacial score (nSPS) is 13.7. The lowest BCUT2D eigenvalue weighted by molar-refractivity contribution is 0.911. The van der Waals surface area contributed by atoms with E-state index in [0.717, 1.165) is 0 Å². The summed E-state index contributed by atoms with van der Waals surface area (Å²) in [5.41, 5.74) is 4.20. The number of rotatable bonds is 2. The number of pyridine rings is 1. The second-order valence-electron chi connectivity index (χ2n) is 4.66. The summed E-state index contributed by atoms with van der Waals surface area (Å²) in [6.07, 6.45) is 5.59. The Morgan fingerprint density at radius 1 is 1.17 bits per heavy atom. The number of nitrogens with zero attached hydrogens (tertiary/aromatic N) is 1. The highest BCUT2D eigenvalue weighted by Crippen LogP contribution is 2.34. The van der Waals surface area contributed by atoms with Crippen LogP contribution in [0.25, 0.3) is 0 Å². The Kier molecular flexibility index (Phi) is 3.31. The van der Waals surface area contributed by atoms with Gasteiger partial charge < -0.3 is 0 Å². The lowest BCUT2D eigenvalue weighted by atomic mass is 10.1. The third-order valence-corrected chi connectivity index (χ3v) is 4.67. The number of benzene rings is 1. The molecule has 1 nitrogen and oxygen atoms in total. The summed E-state index contributed by atoms with van der Waals surface area (Å²) in [7, 11) is 0. The van der Waals surface area contributed by atoms with Gasteiger partial charge in [0, 0.05) is 16.0 Å². The zero-order valence-electron chi connectivity index (χ0n) is 10.2.